The summed E-state index contributed by atoms with van der Waals surface area (Å²) in [6.07, 6.45) is 1.66. The number of halogens is 2. The Bertz CT molecular complexity index is 500. The van der Waals surface area contributed by atoms with E-state index in [0.29, 0.717) is 16.1 Å². The van der Waals surface area contributed by atoms with Crippen LogP contribution >= 0.6 is 35.0 Å². The van der Waals surface area contributed by atoms with Gasteiger partial charge in [0.15, 0.2) is 5.16 Å². The van der Waals surface area contributed by atoms with Crippen molar-refractivity contribution in [3.8, 4) is 0 Å². The highest BCUT2D eigenvalue weighted by Gasteiger charge is 2.06. The van der Waals surface area contributed by atoms with Crippen LogP contribution < -0.4 is 0 Å². The van der Waals surface area contributed by atoms with E-state index in [0.717, 1.165) is 10.7 Å². The van der Waals surface area contributed by atoms with E-state index in [2.05, 4.69) is 15.2 Å². The standard InChI is InChI=1S/C9H8Cl2N4S/c1-15-5-12-14-9(15)16-4-6-2-3-7(10)13-8(6)11/h2-3,5H,4H2,1H3. The number of aryl methyl sites for hydroxylation is 1. The van der Waals surface area contributed by atoms with Crippen LogP contribution in [0.25, 0.3) is 0 Å². The van der Waals surface area contributed by atoms with Gasteiger partial charge < -0.3 is 4.57 Å². The molecule has 0 radical (unpaired) electrons. The van der Waals surface area contributed by atoms with Gasteiger partial charge in [0, 0.05) is 12.8 Å². The molecule has 0 aliphatic carbocycles. The lowest BCUT2D eigenvalue weighted by Gasteiger charge is -2.03. The Labute approximate surface area is 107 Å². The van der Waals surface area contributed by atoms with Crippen LogP contribution in [0.1, 0.15) is 5.56 Å². The Kier molecular flexibility index (Phi) is 3.68. The maximum Gasteiger partial charge on any atom is 0.191 e. The van der Waals surface area contributed by atoms with Gasteiger partial charge in [0.25, 0.3) is 0 Å². The predicted octanol–water partition coefficient (Wildman–Crippen LogP) is 2.81. The van der Waals surface area contributed by atoms with Crippen LogP contribution in [-0.2, 0) is 12.8 Å². The van der Waals surface area contributed by atoms with Gasteiger partial charge in [-0.2, -0.15) is 0 Å². The van der Waals surface area contributed by atoms with Crippen molar-refractivity contribution < 1.29 is 0 Å². The first-order valence-electron chi connectivity index (χ1n) is 4.44. The van der Waals surface area contributed by atoms with E-state index in [1.165, 1.54) is 0 Å². The number of rotatable bonds is 3. The van der Waals surface area contributed by atoms with Crippen LogP contribution in [0.4, 0.5) is 0 Å². The molecule has 0 fully saturated rings. The lowest BCUT2D eigenvalue weighted by Crippen LogP contribution is -1.91. The molecule has 2 heterocycles. The van der Waals surface area contributed by atoms with Crippen molar-refractivity contribution in [3.05, 3.63) is 34.3 Å². The quantitative estimate of drug-likeness (QED) is 0.638. The van der Waals surface area contributed by atoms with Gasteiger partial charge in [-0.3, -0.25) is 0 Å². The first-order valence-corrected chi connectivity index (χ1v) is 6.18. The van der Waals surface area contributed by atoms with Crippen LogP contribution in [0.5, 0.6) is 0 Å². The van der Waals surface area contributed by atoms with Crippen LogP contribution in [0.2, 0.25) is 10.3 Å². The molecule has 0 amide bonds. The topological polar surface area (TPSA) is 43.6 Å². The van der Waals surface area contributed by atoms with Gasteiger partial charge in [0.2, 0.25) is 0 Å². The Morgan fingerprint density at radius 1 is 1.38 bits per heavy atom. The van der Waals surface area contributed by atoms with Crippen molar-refractivity contribution in [2.75, 3.05) is 0 Å². The molecule has 2 aromatic rings. The minimum atomic E-state index is 0.400. The van der Waals surface area contributed by atoms with Crippen LogP contribution in [0.15, 0.2) is 23.6 Å². The number of nitrogens with zero attached hydrogens (tertiary/aromatic N) is 4. The molecule has 0 aliphatic heterocycles. The molecule has 0 aliphatic rings. The molecular formula is C9H8Cl2N4S. The molecular weight excluding hydrogens is 267 g/mol. The summed E-state index contributed by atoms with van der Waals surface area (Å²) in [7, 11) is 1.89. The van der Waals surface area contributed by atoms with E-state index in [4.69, 9.17) is 23.2 Å². The van der Waals surface area contributed by atoms with Crippen molar-refractivity contribution in [1.29, 1.82) is 0 Å². The molecule has 16 heavy (non-hydrogen) atoms. The van der Waals surface area contributed by atoms with Crippen molar-refractivity contribution in [2.45, 2.75) is 10.9 Å². The largest absolute Gasteiger partial charge is 0.312 e. The zero-order valence-electron chi connectivity index (χ0n) is 8.39. The summed E-state index contributed by atoms with van der Waals surface area (Å²) < 4.78 is 1.85. The van der Waals surface area contributed by atoms with Crippen molar-refractivity contribution in [1.82, 2.24) is 19.7 Å². The number of pyridine rings is 1. The lowest BCUT2D eigenvalue weighted by molar-refractivity contribution is 0.788. The second-order valence-corrected chi connectivity index (χ2v) is 4.78. The van der Waals surface area contributed by atoms with E-state index < -0.39 is 0 Å². The summed E-state index contributed by atoms with van der Waals surface area (Å²) in [5, 5.41) is 9.43. The first kappa shape index (κ1) is 11.7. The average molecular weight is 275 g/mol. The molecule has 2 aromatic heterocycles. The Balaban J connectivity index is 2.08. The number of hydrogen-bond acceptors (Lipinski definition) is 4. The molecule has 0 saturated carbocycles. The molecule has 4 nitrogen and oxygen atoms in total. The third-order valence-electron chi connectivity index (χ3n) is 1.92. The summed E-state index contributed by atoms with van der Waals surface area (Å²) in [5.41, 5.74) is 0.930. The summed E-state index contributed by atoms with van der Waals surface area (Å²) in [5.74, 6) is 0.690. The molecule has 0 spiro atoms. The minimum absolute atomic E-state index is 0.400. The highest BCUT2D eigenvalue weighted by molar-refractivity contribution is 7.98. The van der Waals surface area contributed by atoms with Crippen LogP contribution in [0, 0.1) is 0 Å². The molecule has 0 atom stereocenters. The van der Waals surface area contributed by atoms with Crippen LogP contribution in [-0.4, -0.2) is 19.7 Å². The number of aromatic nitrogens is 4. The van der Waals surface area contributed by atoms with E-state index in [9.17, 15) is 0 Å². The fourth-order valence-corrected chi connectivity index (χ4v) is 2.46. The lowest BCUT2D eigenvalue weighted by atomic mass is 10.3. The first-order chi connectivity index (χ1) is 7.66. The van der Waals surface area contributed by atoms with Crippen molar-refractivity contribution >= 4 is 35.0 Å². The molecule has 0 N–H and O–H groups in total. The van der Waals surface area contributed by atoms with Gasteiger partial charge in [-0.05, 0) is 11.6 Å². The molecule has 0 unspecified atom stereocenters. The maximum absolute atomic E-state index is 5.96. The zero-order chi connectivity index (χ0) is 11.5. The monoisotopic (exact) mass is 274 g/mol. The number of thioether (sulfide) groups is 1. The van der Waals surface area contributed by atoms with Gasteiger partial charge in [0.05, 0.1) is 0 Å². The van der Waals surface area contributed by atoms with Crippen molar-refractivity contribution in [2.24, 2.45) is 7.05 Å². The Morgan fingerprint density at radius 3 is 2.81 bits per heavy atom. The molecule has 2 rings (SSSR count). The fourth-order valence-electron chi connectivity index (χ4n) is 1.09. The maximum atomic E-state index is 5.96. The van der Waals surface area contributed by atoms with Gasteiger partial charge in [-0.1, -0.05) is 41.0 Å². The highest BCUT2D eigenvalue weighted by atomic mass is 35.5. The van der Waals surface area contributed by atoms with E-state index in [1.54, 1.807) is 24.2 Å². The van der Waals surface area contributed by atoms with E-state index in [1.807, 2.05) is 17.7 Å². The Hall–Kier alpha value is -0.780. The van der Waals surface area contributed by atoms with Crippen LogP contribution in [0.3, 0.4) is 0 Å². The van der Waals surface area contributed by atoms with Gasteiger partial charge in [-0.15, -0.1) is 10.2 Å². The van der Waals surface area contributed by atoms with Crippen molar-refractivity contribution in [3.63, 3.8) is 0 Å². The molecule has 0 aromatic carbocycles. The third-order valence-corrected chi connectivity index (χ3v) is 3.54. The molecule has 0 saturated heterocycles. The van der Waals surface area contributed by atoms with E-state index in [-0.39, 0.29) is 0 Å². The summed E-state index contributed by atoms with van der Waals surface area (Å²) in [6, 6.07) is 3.58. The zero-order valence-corrected chi connectivity index (χ0v) is 10.7. The normalized spacial score (nSPS) is 10.7. The fraction of sp³-hybridized carbons (Fsp3) is 0.222. The van der Waals surface area contributed by atoms with Gasteiger partial charge in [0.1, 0.15) is 16.6 Å². The minimum Gasteiger partial charge on any atom is -0.312 e. The Morgan fingerprint density at radius 2 is 2.19 bits per heavy atom. The molecule has 7 heteroatoms. The second-order valence-electron chi connectivity index (χ2n) is 3.10. The highest BCUT2D eigenvalue weighted by Crippen LogP contribution is 2.24. The smallest absolute Gasteiger partial charge is 0.191 e. The van der Waals surface area contributed by atoms with Gasteiger partial charge >= 0.3 is 0 Å². The summed E-state index contributed by atoms with van der Waals surface area (Å²) in [4.78, 5) is 3.97. The number of hydrogen-bond donors (Lipinski definition) is 0. The SMILES string of the molecule is Cn1cnnc1SCc1ccc(Cl)nc1Cl. The second kappa shape index (κ2) is 5.03. The summed E-state index contributed by atoms with van der Waals surface area (Å²) in [6.45, 7) is 0. The molecule has 0 bridgehead atoms. The summed E-state index contributed by atoms with van der Waals surface area (Å²) >= 11 is 13.2. The molecule has 84 valence electrons. The predicted molar refractivity (Wildman–Crippen MR) is 64.8 cm³/mol. The van der Waals surface area contributed by atoms with Gasteiger partial charge in [-0.25, -0.2) is 4.98 Å². The third kappa shape index (κ3) is 2.66. The average Bonchev–Trinajstić information content (AvgIpc) is 2.63. The van der Waals surface area contributed by atoms with E-state index >= 15 is 0 Å².